The Morgan fingerprint density at radius 1 is 1.29 bits per heavy atom. The van der Waals surface area contributed by atoms with Gasteiger partial charge in [-0.25, -0.2) is 9.78 Å². The molecule has 0 saturated carbocycles. The van der Waals surface area contributed by atoms with Gasteiger partial charge in [0.05, 0.1) is 17.9 Å². The van der Waals surface area contributed by atoms with Crippen LogP contribution in [0.2, 0.25) is 0 Å². The van der Waals surface area contributed by atoms with Crippen molar-refractivity contribution in [1.29, 1.82) is 0 Å². The number of aryl methyl sites for hydroxylation is 2. The van der Waals surface area contributed by atoms with Gasteiger partial charge in [0.1, 0.15) is 14.7 Å². The van der Waals surface area contributed by atoms with E-state index in [4.69, 9.17) is 15.5 Å². The summed E-state index contributed by atoms with van der Waals surface area (Å²) in [6, 6.07) is 2.09. The molecule has 3 N–H and O–H groups in total. The predicted octanol–water partition coefficient (Wildman–Crippen LogP) is 4.98. The van der Waals surface area contributed by atoms with E-state index in [-0.39, 0.29) is 11.9 Å². The molecule has 2 aliphatic carbocycles. The van der Waals surface area contributed by atoms with Crippen LogP contribution >= 0.6 is 22.7 Å². The number of carbonyl (C=O) groups excluding carboxylic acids is 2. The van der Waals surface area contributed by atoms with Gasteiger partial charge in [-0.05, 0) is 68.6 Å². The molecule has 0 radical (unpaired) electrons. The van der Waals surface area contributed by atoms with Crippen LogP contribution < -0.4 is 11.1 Å². The smallest absolute Gasteiger partial charge is 0.341 e. The molecule has 3 aromatic heterocycles. The summed E-state index contributed by atoms with van der Waals surface area (Å²) in [5.74, 6) is -0.0962. The zero-order valence-electron chi connectivity index (χ0n) is 17.7. The number of esters is 1. The van der Waals surface area contributed by atoms with Gasteiger partial charge in [0.2, 0.25) is 0 Å². The second-order valence-electron chi connectivity index (χ2n) is 8.38. The molecule has 1 amide bonds. The third kappa shape index (κ3) is 3.51. The Kier molecular flexibility index (Phi) is 5.22. The van der Waals surface area contributed by atoms with Gasteiger partial charge in [-0.2, -0.15) is 0 Å². The molecule has 0 aliphatic heterocycles. The second kappa shape index (κ2) is 7.91. The molecule has 1 atom stereocenters. The first-order valence-electron chi connectivity index (χ1n) is 10.8. The summed E-state index contributed by atoms with van der Waals surface area (Å²) in [5, 5.41) is 4.39. The molecule has 3 heterocycles. The van der Waals surface area contributed by atoms with E-state index >= 15 is 0 Å². The zero-order chi connectivity index (χ0) is 21.7. The number of aromatic nitrogens is 1. The molecule has 6 nitrogen and oxygen atoms in total. The fraction of sp³-hybridized carbons (Fsp3) is 0.435. The van der Waals surface area contributed by atoms with Crippen molar-refractivity contribution in [3.05, 3.63) is 38.2 Å². The van der Waals surface area contributed by atoms with Crippen LogP contribution in [0, 0.1) is 5.92 Å². The van der Waals surface area contributed by atoms with E-state index in [2.05, 4.69) is 18.3 Å². The predicted molar refractivity (Wildman–Crippen MR) is 125 cm³/mol. The Labute approximate surface area is 188 Å². The number of nitrogens with two attached hydrogens (primary N) is 1. The molecule has 1 unspecified atom stereocenters. The summed E-state index contributed by atoms with van der Waals surface area (Å²) in [6.45, 7) is 4.30. The average Bonchev–Trinajstić information content (AvgIpc) is 3.41. The largest absolute Gasteiger partial charge is 0.462 e. The van der Waals surface area contributed by atoms with E-state index in [1.165, 1.54) is 33.1 Å². The second-order valence-corrected chi connectivity index (χ2v) is 10.5. The first kappa shape index (κ1) is 20.5. The van der Waals surface area contributed by atoms with E-state index in [1.807, 2.05) is 0 Å². The first-order valence-corrected chi connectivity index (χ1v) is 12.4. The third-order valence-corrected chi connectivity index (χ3v) is 8.46. The Morgan fingerprint density at radius 2 is 2.13 bits per heavy atom. The van der Waals surface area contributed by atoms with Crippen LogP contribution in [0.25, 0.3) is 10.2 Å². The lowest BCUT2D eigenvalue weighted by Gasteiger charge is -2.18. The van der Waals surface area contributed by atoms with Crippen molar-refractivity contribution in [2.24, 2.45) is 5.92 Å². The number of carbonyl (C=O) groups is 2. The maximum absolute atomic E-state index is 13.2. The number of amides is 1. The summed E-state index contributed by atoms with van der Waals surface area (Å²) >= 11 is 2.81. The van der Waals surface area contributed by atoms with Crippen LogP contribution in [0.4, 0.5) is 10.7 Å². The van der Waals surface area contributed by atoms with Gasteiger partial charge in [0, 0.05) is 16.0 Å². The molecule has 0 aromatic carbocycles. The highest BCUT2D eigenvalue weighted by atomic mass is 32.1. The summed E-state index contributed by atoms with van der Waals surface area (Å²) < 4.78 is 5.31. The highest BCUT2D eigenvalue weighted by Crippen LogP contribution is 2.41. The lowest BCUT2D eigenvalue weighted by atomic mass is 9.88. The average molecular weight is 456 g/mol. The molecule has 0 bridgehead atoms. The lowest BCUT2D eigenvalue weighted by molar-refractivity contribution is 0.0526. The van der Waals surface area contributed by atoms with E-state index < -0.39 is 0 Å². The molecule has 0 saturated heterocycles. The molecule has 0 fully saturated rings. The quantitative estimate of drug-likeness (QED) is 0.541. The van der Waals surface area contributed by atoms with Crippen molar-refractivity contribution in [2.45, 2.75) is 52.4 Å². The number of nitrogens with zero attached hydrogens (tertiary/aromatic N) is 1. The number of thiophene rings is 2. The van der Waals surface area contributed by atoms with Gasteiger partial charge < -0.3 is 15.8 Å². The Bertz CT molecular complexity index is 1210. The third-order valence-electron chi connectivity index (χ3n) is 6.17. The van der Waals surface area contributed by atoms with Gasteiger partial charge in [-0.1, -0.05) is 6.92 Å². The normalized spacial score (nSPS) is 17.4. The number of hydrogen-bond acceptors (Lipinski definition) is 7. The van der Waals surface area contributed by atoms with Crippen molar-refractivity contribution in [3.63, 3.8) is 0 Å². The van der Waals surface area contributed by atoms with E-state index in [9.17, 15) is 9.59 Å². The number of ether oxygens (including phenoxy) is 1. The fourth-order valence-electron chi connectivity index (χ4n) is 4.58. The van der Waals surface area contributed by atoms with Crippen molar-refractivity contribution < 1.29 is 14.3 Å². The lowest BCUT2D eigenvalue weighted by Crippen LogP contribution is -2.16. The monoisotopic (exact) mass is 455 g/mol. The molecule has 2 aliphatic rings. The van der Waals surface area contributed by atoms with E-state index in [0.29, 0.717) is 33.7 Å². The number of nitrogens with one attached hydrogen (secondary N) is 1. The molecular weight excluding hydrogens is 430 g/mol. The van der Waals surface area contributed by atoms with Crippen LogP contribution in [-0.2, 0) is 30.4 Å². The SMILES string of the molecule is CCOC(=O)c1c(NC(=O)c2sc3nc4c(cc3c2N)CCC4)sc2c1CCC(C)C2. The number of hydrogen-bond donors (Lipinski definition) is 2. The minimum Gasteiger partial charge on any atom is -0.462 e. The van der Waals surface area contributed by atoms with Crippen molar-refractivity contribution >= 4 is 55.5 Å². The Balaban J connectivity index is 1.50. The molecule has 0 spiro atoms. The number of anilines is 2. The molecule has 3 aromatic rings. The number of nitrogen functional groups attached to an aromatic ring is 1. The van der Waals surface area contributed by atoms with Gasteiger partial charge in [-0.15, -0.1) is 22.7 Å². The maximum Gasteiger partial charge on any atom is 0.341 e. The van der Waals surface area contributed by atoms with Gasteiger partial charge >= 0.3 is 5.97 Å². The van der Waals surface area contributed by atoms with E-state index in [0.717, 1.165) is 60.0 Å². The Morgan fingerprint density at radius 3 is 2.94 bits per heavy atom. The summed E-state index contributed by atoms with van der Waals surface area (Å²) in [6.07, 6.45) is 5.89. The van der Waals surface area contributed by atoms with Crippen LogP contribution in [0.5, 0.6) is 0 Å². The standard InChI is InChI=1S/C23H25N3O3S2/c1-3-29-23(28)17-13-8-7-11(2)9-16(13)30-22(17)26-20(27)19-18(24)14-10-12-5-4-6-15(12)25-21(14)31-19/h10-11H,3-9,24H2,1-2H3,(H,26,27). The molecule has 31 heavy (non-hydrogen) atoms. The molecular formula is C23H25N3O3S2. The summed E-state index contributed by atoms with van der Waals surface area (Å²) in [5.41, 5.74) is 10.7. The van der Waals surface area contributed by atoms with Gasteiger partial charge in [-0.3, -0.25) is 4.79 Å². The number of fused-ring (bicyclic) bond motifs is 3. The van der Waals surface area contributed by atoms with Crippen molar-refractivity contribution in [3.8, 4) is 0 Å². The number of pyridine rings is 1. The maximum atomic E-state index is 13.2. The fourth-order valence-corrected chi connectivity index (χ4v) is 6.97. The van der Waals surface area contributed by atoms with Gasteiger partial charge in [0.15, 0.2) is 0 Å². The minimum atomic E-state index is -0.368. The van der Waals surface area contributed by atoms with E-state index in [1.54, 1.807) is 6.92 Å². The highest BCUT2D eigenvalue weighted by molar-refractivity contribution is 7.21. The van der Waals surface area contributed by atoms with Crippen molar-refractivity contribution in [1.82, 2.24) is 4.98 Å². The van der Waals surface area contributed by atoms with Crippen molar-refractivity contribution in [2.75, 3.05) is 17.7 Å². The highest BCUT2D eigenvalue weighted by Gasteiger charge is 2.30. The van der Waals surface area contributed by atoms with Gasteiger partial charge in [0.25, 0.3) is 5.91 Å². The van der Waals surface area contributed by atoms with Crippen LogP contribution in [0.3, 0.4) is 0 Å². The molecule has 162 valence electrons. The Hall–Kier alpha value is -2.45. The first-order chi connectivity index (χ1) is 15.0. The van der Waals surface area contributed by atoms with Crippen LogP contribution in [-0.4, -0.2) is 23.5 Å². The van der Waals surface area contributed by atoms with Crippen LogP contribution in [0.15, 0.2) is 6.07 Å². The molecule has 5 rings (SSSR count). The summed E-state index contributed by atoms with van der Waals surface area (Å²) in [7, 11) is 0. The zero-order valence-corrected chi connectivity index (χ0v) is 19.3. The van der Waals surface area contributed by atoms with Crippen LogP contribution in [0.1, 0.15) is 68.4 Å². The topological polar surface area (TPSA) is 94.3 Å². The molecule has 8 heteroatoms. The number of rotatable bonds is 4. The minimum absolute atomic E-state index is 0.294. The summed E-state index contributed by atoms with van der Waals surface area (Å²) in [4.78, 5) is 33.1.